The quantitative estimate of drug-likeness (QED) is 0.651. The topological polar surface area (TPSA) is 67.4 Å². The molecule has 156 valence electrons. The summed E-state index contributed by atoms with van der Waals surface area (Å²) in [4.78, 5) is 24.7. The van der Waals surface area contributed by atoms with Crippen molar-refractivity contribution in [2.45, 2.75) is 33.0 Å². The number of hydrogen-bond donors (Lipinski definition) is 2. The lowest BCUT2D eigenvalue weighted by Crippen LogP contribution is -2.49. The first-order valence-corrected chi connectivity index (χ1v) is 8.75. The average molecular weight is 412 g/mol. The van der Waals surface area contributed by atoms with Crippen molar-refractivity contribution in [3.05, 3.63) is 65.2 Å². The van der Waals surface area contributed by atoms with Crippen LogP contribution < -0.4 is 15.4 Å². The molecule has 1 atom stereocenters. The Labute approximate surface area is 165 Å². The number of ether oxygens (including phenoxy) is 1. The van der Waals surface area contributed by atoms with Crippen LogP contribution in [0.5, 0.6) is 5.75 Å². The van der Waals surface area contributed by atoms with E-state index >= 15 is 0 Å². The molecule has 0 aliphatic carbocycles. The number of carbonyl (C=O) groups is 2. The van der Waals surface area contributed by atoms with Gasteiger partial charge in [-0.3, -0.25) is 9.59 Å². The number of benzene rings is 2. The molecule has 29 heavy (non-hydrogen) atoms. The highest BCUT2D eigenvalue weighted by molar-refractivity contribution is 5.98. The van der Waals surface area contributed by atoms with E-state index in [0.717, 1.165) is 18.2 Å². The lowest BCUT2D eigenvalue weighted by molar-refractivity contribution is -0.124. The molecule has 0 saturated heterocycles. The third-order valence-corrected chi connectivity index (χ3v) is 4.04. The van der Waals surface area contributed by atoms with E-state index < -0.39 is 41.7 Å². The Kier molecular flexibility index (Phi) is 7.58. The van der Waals surface area contributed by atoms with Crippen LogP contribution in [0.4, 0.5) is 17.6 Å². The lowest BCUT2D eigenvalue weighted by Gasteiger charge is -2.22. The van der Waals surface area contributed by atoms with Gasteiger partial charge in [0.25, 0.3) is 5.91 Å². The van der Waals surface area contributed by atoms with Crippen molar-refractivity contribution in [3.63, 3.8) is 0 Å². The fourth-order valence-corrected chi connectivity index (χ4v) is 2.55. The van der Waals surface area contributed by atoms with Gasteiger partial charge >= 0.3 is 6.61 Å². The van der Waals surface area contributed by atoms with Gasteiger partial charge in [0.05, 0.1) is 0 Å². The van der Waals surface area contributed by atoms with E-state index in [9.17, 15) is 27.2 Å². The van der Waals surface area contributed by atoms with Gasteiger partial charge in [0.1, 0.15) is 29.0 Å². The molecule has 0 fully saturated rings. The number of rotatable bonds is 8. The minimum atomic E-state index is -2.93. The van der Waals surface area contributed by atoms with Crippen molar-refractivity contribution in [2.75, 3.05) is 0 Å². The van der Waals surface area contributed by atoms with Crippen LogP contribution in [-0.2, 0) is 11.3 Å². The van der Waals surface area contributed by atoms with Gasteiger partial charge in [-0.15, -0.1) is 0 Å². The van der Waals surface area contributed by atoms with Gasteiger partial charge in [0.15, 0.2) is 0 Å². The molecule has 0 aliphatic rings. The lowest BCUT2D eigenvalue weighted by atomic mass is 10.0. The summed E-state index contributed by atoms with van der Waals surface area (Å²) in [5, 5.41) is 4.94. The minimum absolute atomic E-state index is 0.0192. The van der Waals surface area contributed by atoms with Crippen LogP contribution in [0.3, 0.4) is 0 Å². The fourth-order valence-electron chi connectivity index (χ4n) is 2.55. The third kappa shape index (κ3) is 6.20. The molecule has 2 rings (SSSR count). The first-order chi connectivity index (χ1) is 13.7. The Bertz CT molecular complexity index is 837. The molecule has 2 aromatic rings. The molecule has 0 aromatic heterocycles. The summed E-state index contributed by atoms with van der Waals surface area (Å²) in [5.41, 5.74) is -0.158. The largest absolute Gasteiger partial charge is 0.435 e. The molecule has 2 N–H and O–H groups in total. The Hall–Kier alpha value is -3.10. The average Bonchev–Trinajstić information content (AvgIpc) is 2.64. The second-order valence-corrected chi connectivity index (χ2v) is 6.53. The zero-order valence-electron chi connectivity index (χ0n) is 15.7. The molecule has 0 spiro atoms. The summed E-state index contributed by atoms with van der Waals surface area (Å²) >= 11 is 0. The van der Waals surface area contributed by atoms with Crippen LogP contribution in [0.15, 0.2) is 42.5 Å². The van der Waals surface area contributed by atoms with Crippen molar-refractivity contribution in [1.29, 1.82) is 0 Å². The highest BCUT2D eigenvalue weighted by Gasteiger charge is 2.27. The third-order valence-electron chi connectivity index (χ3n) is 4.04. The Morgan fingerprint density at radius 1 is 1.00 bits per heavy atom. The van der Waals surface area contributed by atoms with Crippen molar-refractivity contribution in [3.8, 4) is 5.75 Å². The fraction of sp³-hybridized carbons (Fsp3) is 0.300. The highest BCUT2D eigenvalue weighted by Crippen LogP contribution is 2.16. The maximum atomic E-state index is 13.8. The summed E-state index contributed by atoms with van der Waals surface area (Å²) in [6.07, 6.45) is 0. The zero-order chi connectivity index (χ0) is 21.6. The summed E-state index contributed by atoms with van der Waals surface area (Å²) in [6.45, 7) is 0.452. The number of carbonyl (C=O) groups excluding carboxylic acids is 2. The van der Waals surface area contributed by atoms with E-state index in [4.69, 9.17) is 0 Å². The van der Waals surface area contributed by atoms with Crippen LogP contribution in [-0.4, -0.2) is 24.5 Å². The molecule has 0 aliphatic heterocycles. The first kappa shape index (κ1) is 22.2. The van der Waals surface area contributed by atoms with E-state index in [1.54, 1.807) is 13.8 Å². The first-order valence-electron chi connectivity index (χ1n) is 8.75. The molecule has 0 bridgehead atoms. The Morgan fingerprint density at radius 3 is 2.10 bits per heavy atom. The molecule has 1 unspecified atom stereocenters. The Balaban J connectivity index is 2.01. The van der Waals surface area contributed by atoms with Crippen molar-refractivity contribution in [1.82, 2.24) is 10.6 Å². The molecule has 9 heteroatoms. The van der Waals surface area contributed by atoms with Gasteiger partial charge in [0, 0.05) is 6.54 Å². The van der Waals surface area contributed by atoms with E-state index in [1.165, 1.54) is 24.3 Å². The van der Waals surface area contributed by atoms with Gasteiger partial charge in [0.2, 0.25) is 5.91 Å². The predicted molar refractivity (Wildman–Crippen MR) is 97.4 cm³/mol. The van der Waals surface area contributed by atoms with E-state index in [0.29, 0.717) is 5.56 Å². The second kappa shape index (κ2) is 9.90. The number of amides is 2. The van der Waals surface area contributed by atoms with Gasteiger partial charge in [-0.05, 0) is 35.7 Å². The maximum absolute atomic E-state index is 13.8. The molecule has 5 nitrogen and oxygen atoms in total. The smallest absolute Gasteiger partial charge is 0.387 e. The zero-order valence-corrected chi connectivity index (χ0v) is 15.7. The van der Waals surface area contributed by atoms with Crippen LogP contribution in [0.25, 0.3) is 0 Å². The molecule has 0 saturated carbocycles. The van der Waals surface area contributed by atoms with Crippen molar-refractivity contribution >= 4 is 11.8 Å². The number of nitrogens with one attached hydrogen (secondary N) is 2. The van der Waals surface area contributed by atoms with Crippen molar-refractivity contribution < 1.29 is 31.9 Å². The second-order valence-electron chi connectivity index (χ2n) is 6.53. The predicted octanol–water partition coefficient (Wildman–Crippen LogP) is 3.64. The van der Waals surface area contributed by atoms with Crippen LogP contribution in [0.1, 0.15) is 29.8 Å². The standard InChI is InChI=1S/C20H20F4N2O3/c1-11(2)17(26-18(27)16-14(21)4-3-5-15(16)22)19(28)25-10-12-6-8-13(9-7-12)29-20(23)24/h3-9,11,17,20H,10H2,1-2H3,(H,25,28)(H,26,27). The SMILES string of the molecule is CC(C)C(NC(=O)c1c(F)cccc1F)C(=O)NCc1ccc(OC(F)F)cc1. The van der Waals surface area contributed by atoms with Crippen LogP contribution >= 0.6 is 0 Å². The van der Waals surface area contributed by atoms with E-state index in [2.05, 4.69) is 15.4 Å². The minimum Gasteiger partial charge on any atom is -0.435 e. The molecule has 2 aromatic carbocycles. The summed E-state index contributed by atoms with van der Waals surface area (Å²) in [7, 11) is 0. The molecular weight excluding hydrogens is 392 g/mol. The number of alkyl halides is 2. The highest BCUT2D eigenvalue weighted by atomic mass is 19.3. The maximum Gasteiger partial charge on any atom is 0.387 e. The Morgan fingerprint density at radius 2 is 1.59 bits per heavy atom. The number of hydrogen-bond acceptors (Lipinski definition) is 3. The summed E-state index contributed by atoms with van der Waals surface area (Å²) in [6, 6.07) is 7.64. The molecule has 0 radical (unpaired) electrons. The molecule has 2 amide bonds. The van der Waals surface area contributed by atoms with Crippen LogP contribution in [0.2, 0.25) is 0 Å². The van der Waals surface area contributed by atoms with Crippen molar-refractivity contribution in [2.24, 2.45) is 5.92 Å². The molecular formula is C20H20F4N2O3. The van der Waals surface area contributed by atoms with Gasteiger partial charge < -0.3 is 15.4 Å². The summed E-state index contributed by atoms with van der Waals surface area (Å²) < 4.78 is 56.1. The normalized spacial score (nSPS) is 12.0. The van der Waals surface area contributed by atoms with Crippen LogP contribution in [0, 0.1) is 17.6 Å². The monoisotopic (exact) mass is 412 g/mol. The van der Waals surface area contributed by atoms with Gasteiger partial charge in [-0.25, -0.2) is 8.78 Å². The van der Waals surface area contributed by atoms with Gasteiger partial charge in [-0.1, -0.05) is 32.0 Å². The van der Waals surface area contributed by atoms with E-state index in [1.807, 2.05) is 0 Å². The molecule has 0 heterocycles. The van der Waals surface area contributed by atoms with Gasteiger partial charge in [-0.2, -0.15) is 8.78 Å². The summed E-state index contributed by atoms with van der Waals surface area (Å²) in [5.74, 6) is -4.04. The number of halogens is 4. The van der Waals surface area contributed by atoms with E-state index in [-0.39, 0.29) is 18.2 Å².